The number of hydrogen-bond acceptors (Lipinski definition) is 6. The molecule has 0 aliphatic heterocycles. The van der Waals surface area contributed by atoms with E-state index in [4.69, 9.17) is 4.74 Å². The number of amides is 2. The summed E-state index contributed by atoms with van der Waals surface area (Å²) in [5.74, 6) is -0.0620. The molecule has 0 bridgehead atoms. The number of fused-ring (bicyclic) bond motifs is 1. The van der Waals surface area contributed by atoms with Gasteiger partial charge in [-0.2, -0.15) is 0 Å². The number of rotatable bonds is 8. The molecule has 8 nitrogen and oxygen atoms in total. The molecule has 0 radical (unpaired) electrons. The highest BCUT2D eigenvalue weighted by Crippen LogP contribution is 2.38. The second-order valence-corrected chi connectivity index (χ2v) is 7.65. The molecule has 0 fully saturated rings. The van der Waals surface area contributed by atoms with E-state index in [0.717, 1.165) is 10.9 Å². The molecule has 3 N–H and O–H groups in total. The van der Waals surface area contributed by atoms with Gasteiger partial charge in [0.25, 0.3) is 0 Å². The van der Waals surface area contributed by atoms with Crippen LogP contribution < -0.4 is 15.4 Å². The van der Waals surface area contributed by atoms with Gasteiger partial charge in [-0.1, -0.05) is 36.4 Å². The maximum Gasteiger partial charge on any atom is 0.244 e. The number of nitrogens with one attached hydrogen (secondary N) is 2. The van der Waals surface area contributed by atoms with Crippen molar-refractivity contribution in [3.63, 3.8) is 0 Å². The second-order valence-electron chi connectivity index (χ2n) is 7.65. The highest BCUT2D eigenvalue weighted by Gasteiger charge is 2.23. The standard InChI is InChI=1S/C26H24N4O4/c1-34-19-10-7-17(8-11-19)21(20-12-9-18-5-4-14-28-25(18)26(20)33)15-23(31)29-16-24(32)30-22-6-2-3-13-27-22/h2-14,21,33H,15-16H2,1H3,(H,29,31)(H,27,30,32). The lowest BCUT2D eigenvalue weighted by molar-refractivity contribution is -0.124. The van der Waals surface area contributed by atoms with E-state index in [1.54, 1.807) is 62.0 Å². The van der Waals surface area contributed by atoms with E-state index in [2.05, 4.69) is 20.6 Å². The first kappa shape index (κ1) is 22.7. The molecule has 2 aromatic carbocycles. The number of carbonyl (C=O) groups is 2. The molecule has 2 heterocycles. The van der Waals surface area contributed by atoms with E-state index >= 15 is 0 Å². The predicted octanol–water partition coefficient (Wildman–Crippen LogP) is 3.62. The van der Waals surface area contributed by atoms with Crippen molar-refractivity contribution >= 4 is 28.5 Å². The van der Waals surface area contributed by atoms with Gasteiger partial charge in [0.05, 0.1) is 13.7 Å². The van der Waals surface area contributed by atoms with Crippen LogP contribution in [0.3, 0.4) is 0 Å². The van der Waals surface area contributed by atoms with Gasteiger partial charge in [0.1, 0.15) is 22.8 Å². The van der Waals surface area contributed by atoms with Gasteiger partial charge in [0.15, 0.2) is 0 Å². The van der Waals surface area contributed by atoms with E-state index < -0.39 is 5.92 Å². The van der Waals surface area contributed by atoms with Gasteiger partial charge in [-0.25, -0.2) is 4.98 Å². The van der Waals surface area contributed by atoms with E-state index in [1.807, 2.05) is 24.3 Å². The summed E-state index contributed by atoms with van der Waals surface area (Å²) in [6.45, 7) is -0.198. The zero-order valence-electron chi connectivity index (χ0n) is 18.6. The number of nitrogens with zero attached hydrogens (tertiary/aromatic N) is 2. The third kappa shape index (κ3) is 5.29. The van der Waals surface area contributed by atoms with Gasteiger partial charge in [-0.15, -0.1) is 0 Å². The number of pyridine rings is 2. The van der Waals surface area contributed by atoms with Crippen molar-refractivity contribution in [2.75, 3.05) is 19.0 Å². The van der Waals surface area contributed by atoms with Crippen molar-refractivity contribution in [3.05, 3.63) is 90.3 Å². The SMILES string of the molecule is COc1ccc(C(CC(=O)NCC(=O)Nc2ccccn2)c2ccc3cccnc3c2O)cc1. The highest BCUT2D eigenvalue weighted by atomic mass is 16.5. The van der Waals surface area contributed by atoms with E-state index in [9.17, 15) is 14.7 Å². The first-order valence-electron chi connectivity index (χ1n) is 10.7. The molecule has 2 amide bonds. The van der Waals surface area contributed by atoms with Crippen LogP contribution in [-0.4, -0.2) is 40.5 Å². The molecular weight excluding hydrogens is 432 g/mol. The summed E-state index contributed by atoms with van der Waals surface area (Å²) in [4.78, 5) is 33.3. The monoisotopic (exact) mass is 456 g/mol. The third-order valence-electron chi connectivity index (χ3n) is 5.44. The van der Waals surface area contributed by atoms with Gasteiger partial charge in [-0.3, -0.25) is 14.6 Å². The minimum Gasteiger partial charge on any atom is -0.505 e. The molecule has 1 atom stereocenters. The molecule has 2 aromatic heterocycles. The number of anilines is 1. The van der Waals surface area contributed by atoms with E-state index in [1.165, 1.54) is 0 Å². The zero-order chi connectivity index (χ0) is 23.9. The van der Waals surface area contributed by atoms with E-state index in [0.29, 0.717) is 22.6 Å². The second kappa shape index (κ2) is 10.4. The number of ether oxygens (including phenoxy) is 1. The topological polar surface area (TPSA) is 113 Å². The number of phenolic OH excluding ortho intramolecular Hbond substituents is 1. The van der Waals surface area contributed by atoms with Crippen LogP contribution >= 0.6 is 0 Å². The molecule has 0 aliphatic rings. The first-order chi connectivity index (χ1) is 16.5. The van der Waals surface area contributed by atoms with Crippen molar-refractivity contribution in [2.45, 2.75) is 12.3 Å². The molecule has 172 valence electrons. The van der Waals surface area contributed by atoms with Crippen LogP contribution in [0.5, 0.6) is 11.5 Å². The normalized spacial score (nSPS) is 11.6. The number of hydrogen-bond donors (Lipinski definition) is 3. The highest BCUT2D eigenvalue weighted by molar-refractivity contribution is 5.94. The fourth-order valence-corrected chi connectivity index (χ4v) is 3.73. The Hall–Kier alpha value is -4.46. The van der Waals surface area contributed by atoms with Crippen LogP contribution in [0.15, 0.2) is 79.1 Å². The van der Waals surface area contributed by atoms with Crippen molar-refractivity contribution in [1.82, 2.24) is 15.3 Å². The van der Waals surface area contributed by atoms with Gasteiger partial charge < -0.3 is 20.5 Å². The minimum absolute atomic E-state index is 0.0229. The summed E-state index contributed by atoms with van der Waals surface area (Å²) < 4.78 is 5.24. The first-order valence-corrected chi connectivity index (χ1v) is 10.7. The largest absolute Gasteiger partial charge is 0.505 e. The predicted molar refractivity (Wildman–Crippen MR) is 129 cm³/mol. The summed E-state index contributed by atoms with van der Waals surface area (Å²) in [5, 5.41) is 17.1. The molecule has 0 spiro atoms. The maximum absolute atomic E-state index is 12.8. The van der Waals surface area contributed by atoms with Crippen molar-refractivity contribution in [3.8, 4) is 11.5 Å². The zero-order valence-corrected chi connectivity index (χ0v) is 18.6. The van der Waals surface area contributed by atoms with Crippen LogP contribution in [0.25, 0.3) is 10.9 Å². The number of carbonyl (C=O) groups excluding carboxylic acids is 2. The fraction of sp³-hybridized carbons (Fsp3) is 0.154. The van der Waals surface area contributed by atoms with Crippen LogP contribution in [0, 0.1) is 0 Å². The summed E-state index contributed by atoms with van der Waals surface area (Å²) in [6, 6.07) is 19.8. The maximum atomic E-state index is 12.8. The molecule has 0 saturated carbocycles. The molecule has 0 saturated heterocycles. The Labute approximate surface area is 196 Å². The molecule has 8 heteroatoms. The minimum atomic E-state index is -0.462. The number of methoxy groups -OCH3 is 1. The van der Waals surface area contributed by atoms with Gasteiger partial charge >= 0.3 is 0 Å². The average molecular weight is 457 g/mol. The average Bonchev–Trinajstić information content (AvgIpc) is 2.87. The number of aromatic hydroxyl groups is 1. The Balaban J connectivity index is 1.54. The lowest BCUT2D eigenvalue weighted by Crippen LogP contribution is -2.33. The molecule has 34 heavy (non-hydrogen) atoms. The van der Waals surface area contributed by atoms with Gasteiger partial charge in [-0.05, 0) is 35.9 Å². The van der Waals surface area contributed by atoms with Crippen LogP contribution in [0.4, 0.5) is 5.82 Å². The Morgan fingerprint density at radius 2 is 1.74 bits per heavy atom. The van der Waals surface area contributed by atoms with Crippen molar-refractivity contribution < 1.29 is 19.4 Å². The lowest BCUT2D eigenvalue weighted by atomic mass is 9.87. The number of benzene rings is 2. The fourth-order valence-electron chi connectivity index (χ4n) is 3.73. The van der Waals surface area contributed by atoms with Crippen molar-refractivity contribution in [2.24, 2.45) is 0 Å². The summed E-state index contributed by atoms with van der Waals surface area (Å²) in [6.07, 6.45) is 3.20. The molecule has 4 rings (SSSR count). The quantitative estimate of drug-likeness (QED) is 0.373. The van der Waals surface area contributed by atoms with E-state index in [-0.39, 0.29) is 30.5 Å². The van der Waals surface area contributed by atoms with Crippen LogP contribution in [-0.2, 0) is 9.59 Å². The Morgan fingerprint density at radius 1 is 0.941 bits per heavy atom. The molecular formula is C26H24N4O4. The lowest BCUT2D eigenvalue weighted by Gasteiger charge is -2.20. The van der Waals surface area contributed by atoms with Gasteiger partial charge in [0, 0.05) is 35.7 Å². The van der Waals surface area contributed by atoms with Crippen LogP contribution in [0.1, 0.15) is 23.5 Å². The Kier molecular flexibility index (Phi) is 6.98. The molecule has 1 unspecified atom stereocenters. The Morgan fingerprint density at radius 3 is 2.47 bits per heavy atom. The van der Waals surface area contributed by atoms with Crippen molar-refractivity contribution in [1.29, 1.82) is 0 Å². The molecule has 0 aliphatic carbocycles. The summed E-state index contributed by atoms with van der Waals surface area (Å²) in [7, 11) is 1.58. The Bertz CT molecular complexity index is 1290. The third-order valence-corrected chi connectivity index (χ3v) is 5.44. The number of phenols is 1. The summed E-state index contributed by atoms with van der Waals surface area (Å²) >= 11 is 0. The number of aromatic nitrogens is 2. The van der Waals surface area contributed by atoms with Crippen LogP contribution in [0.2, 0.25) is 0 Å². The summed E-state index contributed by atoms with van der Waals surface area (Å²) in [5.41, 5.74) is 1.86. The van der Waals surface area contributed by atoms with Gasteiger partial charge in [0.2, 0.25) is 11.8 Å². The smallest absolute Gasteiger partial charge is 0.244 e. The molecule has 4 aromatic rings.